The molecule has 2 aromatic carbocycles. The molecular formula is C22H20N4O2. The van der Waals surface area contributed by atoms with Crippen molar-refractivity contribution >= 4 is 17.4 Å². The highest BCUT2D eigenvalue weighted by atomic mass is 16.5. The van der Waals surface area contributed by atoms with E-state index in [1.807, 2.05) is 79.0 Å². The number of hydrogen-bond donors (Lipinski definition) is 1. The van der Waals surface area contributed by atoms with Gasteiger partial charge in [-0.3, -0.25) is 9.20 Å². The van der Waals surface area contributed by atoms with Gasteiger partial charge in [0.15, 0.2) is 6.61 Å². The summed E-state index contributed by atoms with van der Waals surface area (Å²) < 4.78 is 7.55. The van der Waals surface area contributed by atoms with E-state index in [1.54, 1.807) is 6.20 Å². The van der Waals surface area contributed by atoms with Gasteiger partial charge in [0.2, 0.25) is 5.78 Å². The third-order valence-corrected chi connectivity index (χ3v) is 4.51. The molecular weight excluding hydrogens is 352 g/mol. The molecule has 6 nitrogen and oxygen atoms in total. The topological polar surface area (TPSA) is 68.5 Å². The summed E-state index contributed by atoms with van der Waals surface area (Å²) in [6.07, 6.45) is 3.65. The lowest BCUT2D eigenvalue weighted by atomic mass is 10.1. The number of amides is 1. The first-order valence-electron chi connectivity index (χ1n) is 9.00. The Balaban J connectivity index is 1.50. The smallest absolute Gasteiger partial charge is 0.262 e. The van der Waals surface area contributed by atoms with Crippen LogP contribution in [0.15, 0.2) is 67.0 Å². The van der Waals surface area contributed by atoms with Crippen LogP contribution in [0.2, 0.25) is 0 Å². The summed E-state index contributed by atoms with van der Waals surface area (Å²) in [4.78, 5) is 21.2. The number of benzene rings is 2. The Labute approximate surface area is 162 Å². The number of hydrogen-bond acceptors (Lipinski definition) is 4. The second-order valence-electron chi connectivity index (χ2n) is 6.52. The zero-order valence-electron chi connectivity index (χ0n) is 15.7. The molecule has 0 unspecified atom stereocenters. The van der Waals surface area contributed by atoms with Gasteiger partial charge in [-0.25, -0.2) is 9.97 Å². The van der Waals surface area contributed by atoms with Crippen molar-refractivity contribution < 1.29 is 9.53 Å². The van der Waals surface area contributed by atoms with Crippen LogP contribution in [0.5, 0.6) is 5.75 Å². The first kappa shape index (κ1) is 17.7. The average molecular weight is 372 g/mol. The number of nitrogens with zero attached hydrogens (tertiary/aromatic N) is 3. The largest absolute Gasteiger partial charge is 0.483 e. The number of imidazole rings is 1. The lowest BCUT2D eigenvalue weighted by Gasteiger charge is -2.10. The number of fused-ring (bicyclic) bond motifs is 1. The third kappa shape index (κ3) is 3.57. The van der Waals surface area contributed by atoms with Crippen molar-refractivity contribution in [1.82, 2.24) is 14.4 Å². The number of ether oxygens (including phenoxy) is 1. The van der Waals surface area contributed by atoms with Crippen LogP contribution in [-0.4, -0.2) is 26.9 Å². The summed E-state index contributed by atoms with van der Waals surface area (Å²) in [6.45, 7) is 3.90. The van der Waals surface area contributed by atoms with E-state index in [2.05, 4.69) is 15.3 Å². The molecule has 0 aliphatic carbocycles. The Hall–Kier alpha value is -3.67. The third-order valence-electron chi connectivity index (χ3n) is 4.51. The number of aromatic nitrogens is 3. The van der Waals surface area contributed by atoms with E-state index in [1.165, 1.54) is 0 Å². The van der Waals surface area contributed by atoms with Gasteiger partial charge >= 0.3 is 0 Å². The minimum absolute atomic E-state index is 0.0492. The number of aryl methyl sites for hydroxylation is 2. The Morgan fingerprint density at radius 1 is 1.11 bits per heavy atom. The fraction of sp³-hybridized carbons (Fsp3) is 0.136. The predicted octanol–water partition coefficient (Wildman–Crippen LogP) is 4.03. The van der Waals surface area contributed by atoms with Crippen molar-refractivity contribution in [2.24, 2.45) is 0 Å². The quantitative estimate of drug-likeness (QED) is 0.574. The molecule has 1 N–H and O–H groups in total. The van der Waals surface area contributed by atoms with Crippen molar-refractivity contribution in [3.8, 4) is 17.0 Å². The molecule has 0 spiro atoms. The molecule has 0 aliphatic rings. The van der Waals surface area contributed by atoms with Crippen LogP contribution in [-0.2, 0) is 4.79 Å². The first-order valence-corrected chi connectivity index (χ1v) is 9.00. The zero-order chi connectivity index (χ0) is 19.5. The summed E-state index contributed by atoms with van der Waals surface area (Å²) in [7, 11) is 0. The number of anilines is 1. The Kier molecular flexibility index (Phi) is 4.76. The number of carbonyl (C=O) groups excluding carboxylic acids is 1. The molecule has 4 aromatic rings. The molecule has 4 rings (SSSR count). The van der Waals surface area contributed by atoms with Gasteiger partial charge in [-0.2, -0.15) is 0 Å². The lowest BCUT2D eigenvalue weighted by molar-refractivity contribution is -0.118. The van der Waals surface area contributed by atoms with Crippen LogP contribution in [0.1, 0.15) is 11.3 Å². The van der Waals surface area contributed by atoms with Crippen LogP contribution in [0.25, 0.3) is 17.0 Å². The fourth-order valence-electron chi connectivity index (χ4n) is 3.08. The minimum atomic E-state index is -0.214. The minimum Gasteiger partial charge on any atom is -0.483 e. The maximum absolute atomic E-state index is 12.3. The van der Waals surface area contributed by atoms with Gasteiger partial charge in [0.25, 0.3) is 5.91 Å². The summed E-state index contributed by atoms with van der Waals surface area (Å²) in [5.41, 5.74) is 4.44. The van der Waals surface area contributed by atoms with Gasteiger partial charge in [0, 0.05) is 29.3 Å². The first-order chi connectivity index (χ1) is 13.6. The van der Waals surface area contributed by atoms with Crippen molar-refractivity contribution in [3.63, 3.8) is 0 Å². The van der Waals surface area contributed by atoms with E-state index < -0.39 is 0 Å². The van der Waals surface area contributed by atoms with Gasteiger partial charge < -0.3 is 10.1 Å². The highest BCUT2D eigenvalue weighted by Crippen LogP contribution is 2.25. The molecule has 0 aliphatic heterocycles. The summed E-state index contributed by atoms with van der Waals surface area (Å²) >= 11 is 0. The molecule has 2 heterocycles. The van der Waals surface area contributed by atoms with Crippen molar-refractivity contribution in [3.05, 3.63) is 78.2 Å². The van der Waals surface area contributed by atoms with Crippen LogP contribution >= 0.6 is 0 Å². The number of nitrogens with one attached hydrogen (secondary N) is 1. The maximum atomic E-state index is 12.3. The number of rotatable bonds is 5. The molecule has 0 saturated heterocycles. The molecule has 0 fully saturated rings. The molecule has 0 saturated carbocycles. The highest BCUT2D eigenvalue weighted by Gasteiger charge is 2.12. The van der Waals surface area contributed by atoms with E-state index in [9.17, 15) is 4.79 Å². The monoisotopic (exact) mass is 372 g/mol. The molecule has 0 radical (unpaired) electrons. The molecule has 0 atom stereocenters. The van der Waals surface area contributed by atoms with Gasteiger partial charge in [-0.05, 0) is 43.7 Å². The van der Waals surface area contributed by atoms with Gasteiger partial charge in [-0.1, -0.05) is 30.3 Å². The number of carbonyl (C=O) groups is 1. The van der Waals surface area contributed by atoms with Crippen LogP contribution in [0.3, 0.4) is 0 Å². The summed E-state index contributed by atoms with van der Waals surface area (Å²) in [5, 5.41) is 2.88. The molecule has 0 bridgehead atoms. The second-order valence-corrected chi connectivity index (χ2v) is 6.52. The summed E-state index contributed by atoms with van der Waals surface area (Å²) in [6, 6.07) is 17.1. The number of para-hydroxylation sites is 1. The summed E-state index contributed by atoms with van der Waals surface area (Å²) in [5.74, 6) is 1.14. The van der Waals surface area contributed by atoms with Crippen LogP contribution in [0.4, 0.5) is 5.69 Å². The molecule has 140 valence electrons. The fourth-order valence-corrected chi connectivity index (χ4v) is 3.08. The van der Waals surface area contributed by atoms with Crippen LogP contribution in [0, 0.1) is 13.8 Å². The maximum Gasteiger partial charge on any atom is 0.262 e. The van der Waals surface area contributed by atoms with Gasteiger partial charge in [0.05, 0.1) is 5.69 Å². The van der Waals surface area contributed by atoms with E-state index in [-0.39, 0.29) is 12.5 Å². The molecule has 6 heteroatoms. The zero-order valence-corrected chi connectivity index (χ0v) is 15.7. The highest BCUT2D eigenvalue weighted by molar-refractivity contribution is 5.92. The molecule has 2 aromatic heterocycles. The Morgan fingerprint density at radius 3 is 2.79 bits per heavy atom. The molecule has 1 amide bonds. The van der Waals surface area contributed by atoms with Gasteiger partial charge in [0.1, 0.15) is 5.75 Å². The SMILES string of the molecule is Cc1ccccc1OCC(=O)Nc1cccc(-c2nc3ncccn3c2C)c1. The van der Waals surface area contributed by atoms with E-state index >= 15 is 0 Å². The predicted molar refractivity (Wildman–Crippen MR) is 108 cm³/mol. The molecule has 28 heavy (non-hydrogen) atoms. The normalized spacial score (nSPS) is 10.8. The van der Waals surface area contributed by atoms with Crippen molar-refractivity contribution in [2.45, 2.75) is 13.8 Å². The second kappa shape index (κ2) is 7.52. The average Bonchev–Trinajstić information content (AvgIpc) is 3.05. The lowest BCUT2D eigenvalue weighted by Crippen LogP contribution is -2.20. The Bertz CT molecular complexity index is 1150. The van der Waals surface area contributed by atoms with Gasteiger partial charge in [-0.15, -0.1) is 0 Å². The van der Waals surface area contributed by atoms with E-state index in [0.717, 1.165) is 22.5 Å². The Morgan fingerprint density at radius 2 is 1.96 bits per heavy atom. The van der Waals surface area contributed by atoms with E-state index in [4.69, 9.17) is 4.74 Å². The standard InChI is InChI=1S/C22H20N4O2/c1-15-7-3-4-10-19(15)28-14-20(27)24-18-9-5-8-17(13-18)21-16(2)26-12-6-11-23-22(26)25-21/h3-13H,14H2,1-2H3,(H,24,27). The van der Waals surface area contributed by atoms with E-state index in [0.29, 0.717) is 17.2 Å². The van der Waals surface area contributed by atoms with Crippen molar-refractivity contribution in [1.29, 1.82) is 0 Å². The van der Waals surface area contributed by atoms with Crippen LogP contribution < -0.4 is 10.1 Å². The van der Waals surface area contributed by atoms with Crippen molar-refractivity contribution in [2.75, 3.05) is 11.9 Å².